The molecule has 0 aliphatic carbocycles. The van der Waals surface area contributed by atoms with Gasteiger partial charge >= 0.3 is 6.03 Å². The molecule has 1 heterocycles. The fraction of sp³-hybridized carbons (Fsp3) is 0.167. The van der Waals surface area contributed by atoms with Crippen LogP contribution in [0.25, 0.3) is 0 Å². The molecule has 0 aliphatic rings. The van der Waals surface area contributed by atoms with Crippen LogP contribution in [0.5, 0.6) is 0 Å². The third-order valence-corrected chi connectivity index (χ3v) is 1.11. The summed E-state index contributed by atoms with van der Waals surface area (Å²) in [4.78, 5) is 29.3. The van der Waals surface area contributed by atoms with Gasteiger partial charge in [0.2, 0.25) is 5.91 Å². The summed E-state index contributed by atoms with van der Waals surface area (Å²) in [6, 6.07) is -0.543. The van der Waals surface area contributed by atoms with E-state index in [1.165, 1.54) is 18.7 Å². The van der Waals surface area contributed by atoms with Gasteiger partial charge in [0.1, 0.15) is 6.33 Å². The summed E-state index contributed by atoms with van der Waals surface area (Å²) in [7, 11) is 0. The second-order valence-corrected chi connectivity index (χ2v) is 2.13. The van der Waals surface area contributed by atoms with Gasteiger partial charge in [-0.1, -0.05) is 0 Å². The highest BCUT2D eigenvalue weighted by atomic mass is 16.7. The Balaban J connectivity index is 2.31. The van der Waals surface area contributed by atoms with Gasteiger partial charge in [-0.3, -0.25) is 14.2 Å². The summed E-state index contributed by atoms with van der Waals surface area (Å²) in [5.41, 5.74) is 6.76. The SMILES string of the molecule is NC(=O)CONC(=O)n1ccnc1. The smallest absolute Gasteiger partial charge is 0.350 e. The fourth-order valence-corrected chi connectivity index (χ4v) is 0.601. The number of nitrogens with zero attached hydrogens (tertiary/aromatic N) is 2. The van der Waals surface area contributed by atoms with Crippen molar-refractivity contribution in [2.24, 2.45) is 5.73 Å². The van der Waals surface area contributed by atoms with Crippen molar-refractivity contribution in [2.75, 3.05) is 6.61 Å². The molecule has 1 aromatic heterocycles. The standard InChI is InChI=1S/C6H8N4O3/c7-5(11)3-13-9-6(12)10-2-1-8-4-10/h1-2,4H,3H2,(H2,7,11)(H,9,12). The average molecular weight is 184 g/mol. The molecule has 0 atom stereocenters. The first-order valence-electron chi connectivity index (χ1n) is 3.38. The van der Waals surface area contributed by atoms with Gasteiger partial charge < -0.3 is 5.73 Å². The largest absolute Gasteiger partial charge is 0.368 e. The lowest BCUT2D eigenvalue weighted by molar-refractivity contribution is -0.124. The third-order valence-electron chi connectivity index (χ3n) is 1.11. The fourth-order valence-electron chi connectivity index (χ4n) is 0.601. The number of primary amides is 1. The summed E-state index contributed by atoms with van der Waals surface area (Å²) in [6.45, 7) is -0.361. The van der Waals surface area contributed by atoms with Crippen molar-refractivity contribution >= 4 is 11.9 Å². The van der Waals surface area contributed by atoms with Crippen LogP contribution >= 0.6 is 0 Å². The molecule has 0 aliphatic heterocycles. The van der Waals surface area contributed by atoms with E-state index >= 15 is 0 Å². The van der Waals surface area contributed by atoms with Crippen LogP contribution in [0.3, 0.4) is 0 Å². The highest BCUT2D eigenvalue weighted by Crippen LogP contribution is 1.83. The van der Waals surface area contributed by atoms with Gasteiger partial charge in [-0.2, -0.15) is 0 Å². The molecule has 7 heteroatoms. The van der Waals surface area contributed by atoms with Crippen LogP contribution in [0.15, 0.2) is 18.7 Å². The molecule has 1 aromatic rings. The van der Waals surface area contributed by atoms with Crippen molar-refractivity contribution in [2.45, 2.75) is 0 Å². The summed E-state index contributed by atoms with van der Waals surface area (Å²) in [5, 5.41) is 0. The number of nitrogens with two attached hydrogens (primary N) is 1. The highest BCUT2D eigenvalue weighted by Gasteiger charge is 2.02. The van der Waals surface area contributed by atoms with Crippen LogP contribution in [-0.4, -0.2) is 28.1 Å². The van der Waals surface area contributed by atoms with Gasteiger partial charge in [0.15, 0.2) is 6.61 Å². The van der Waals surface area contributed by atoms with E-state index in [2.05, 4.69) is 9.82 Å². The number of hydroxylamine groups is 1. The highest BCUT2D eigenvalue weighted by molar-refractivity contribution is 5.77. The van der Waals surface area contributed by atoms with Crippen molar-refractivity contribution in [3.05, 3.63) is 18.7 Å². The number of carbonyl (C=O) groups is 2. The predicted molar refractivity (Wildman–Crippen MR) is 41.3 cm³/mol. The third kappa shape index (κ3) is 2.91. The van der Waals surface area contributed by atoms with Gasteiger partial charge in [0, 0.05) is 12.4 Å². The number of carbonyl (C=O) groups excluding carboxylic acids is 2. The molecule has 0 fully saturated rings. The number of rotatable bonds is 3. The molecular weight excluding hydrogens is 176 g/mol. The number of hydrogen-bond donors (Lipinski definition) is 2. The van der Waals surface area contributed by atoms with Gasteiger partial charge in [-0.25, -0.2) is 15.3 Å². The second kappa shape index (κ2) is 4.21. The van der Waals surface area contributed by atoms with E-state index in [-0.39, 0.29) is 6.61 Å². The maximum Gasteiger partial charge on any atom is 0.350 e. The van der Waals surface area contributed by atoms with Crippen LogP contribution in [0.2, 0.25) is 0 Å². The number of imidazole rings is 1. The normalized spacial score (nSPS) is 9.54. The molecule has 0 aromatic carbocycles. The van der Waals surface area contributed by atoms with E-state index in [1.54, 1.807) is 0 Å². The van der Waals surface area contributed by atoms with E-state index in [0.717, 1.165) is 4.57 Å². The maximum atomic E-state index is 11.0. The van der Waals surface area contributed by atoms with Crippen LogP contribution < -0.4 is 11.2 Å². The predicted octanol–water partition coefficient (Wildman–Crippen LogP) is -1.14. The molecule has 0 spiro atoms. The van der Waals surface area contributed by atoms with Crippen LogP contribution in [0.4, 0.5) is 4.79 Å². The number of nitrogens with one attached hydrogen (secondary N) is 1. The first-order chi connectivity index (χ1) is 6.20. The van der Waals surface area contributed by atoms with E-state index in [1.807, 2.05) is 5.48 Å². The zero-order valence-corrected chi connectivity index (χ0v) is 6.64. The van der Waals surface area contributed by atoms with Crippen molar-refractivity contribution in [1.82, 2.24) is 15.0 Å². The summed E-state index contributed by atoms with van der Waals surface area (Å²) < 4.78 is 1.15. The second-order valence-electron chi connectivity index (χ2n) is 2.13. The summed E-state index contributed by atoms with van der Waals surface area (Å²) in [5.74, 6) is -0.661. The molecular formula is C6H8N4O3. The Labute approximate surface area is 73.4 Å². The Bertz CT molecular complexity index is 295. The zero-order valence-electron chi connectivity index (χ0n) is 6.64. The zero-order chi connectivity index (χ0) is 9.68. The minimum atomic E-state index is -0.661. The first-order valence-corrected chi connectivity index (χ1v) is 3.38. The minimum Gasteiger partial charge on any atom is -0.368 e. The monoisotopic (exact) mass is 184 g/mol. The molecule has 0 saturated carbocycles. The summed E-state index contributed by atoms with van der Waals surface area (Å²) in [6.07, 6.45) is 4.17. The van der Waals surface area contributed by atoms with E-state index in [0.29, 0.717) is 0 Å². The minimum absolute atomic E-state index is 0.361. The molecule has 7 nitrogen and oxygen atoms in total. The molecule has 0 bridgehead atoms. The van der Waals surface area contributed by atoms with Gasteiger partial charge in [-0.15, -0.1) is 0 Å². The van der Waals surface area contributed by atoms with Gasteiger partial charge in [-0.05, 0) is 0 Å². The number of hydrogen-bond acceptors (Lipinski definition) is 4. The number of amides is 2. The molecule has 3 N–H and O–H groups in total. The molecule has 13 heavy (non-hydrogen) atoms. The van der Waals surface area contributed by atoms with Gasteiger partial charge in [0.25, 0.3) is 0 Å². The lowest BCUT2D eigenvalue weighted by atomic mass is 10.7. The lowest BCUT2D eigenvalue weighted by Gasteiger charge is -2.02. The lowest BCUT2D eigenvalue weighted by Crippen LogP contribution is -2.31. The van der Waals surface area contributed by atoms with Crippen molar-refractivity contribution < 1.29 is 14.4 Å². The van der Waals surface area contributed by atoms with Crippen molar-refractivity contribution in [3.8, 4) is 0 Å². The molecule has 0 unspecified atom stereocenters. The maximum absolute atomic E-state index is 11.0. The topological polar surface area (TPSA) is 99.2 Å². The molecule has 0 radical (unpaired) electrons. The van der Waals surface area contributed by atoms with E-state index in [9.17, 15) is 9.59 Å². The first kappa shape index (κ1) is 9.20. The van der Waals surface area contributed by atoms with E-state index < -0.39 is 11.9 Å². The quantitative estimate of drug-likeness (QED) is 0.580. The van der Waals surface area contributed by atoms with Crippen molar-refractivity contribution in [3.63, 3.8) is 0 Å². The molecule has 70 valence electrons. The average Bonchev–Trinajstić information content (AvgIpc) is 2.55. The Morgan fingerprint density at radius 1 is 1.62 bits per heavy atom. The van der Waals surface area contributed by atoms with E-state index in [4.69, 9.17) is 5.73 Å². The molecule has 1 rings (SSSR count). The Hall–Kier alpha value is -1.89. The van der Waals surface area contributed by atoms with Gasteiger partial charge in [0.05, 0.1) is 0 Å². The Morgan fingerprint density at radius 2 is 2.38 bits per heavy atom. The Morgan fingerprint density at radius 3 is 2.92 bits per heavy atom. The summed E-state index contributed by atoms with van der Waals surface area (Å²) >= 11 is 0. The Kier molecular flexibility index (Phi) is 2.98. The van der Waals surface area contributed by atoms with Crippen LogP contribution in [-0.2, 0) is 9.63 Å². The molecule has 0 saturated heterocycles. The van der Waals surface area contributed by atoms with Crippen LogP contribution in [0, 0.1) is 0 Å². The number of aromatic nitrogens is 2. The van der Waals surface area contributed by atoms with Crippen molar-refractivity contribution in [1.29, 1.82) is 0 Å². The van der Waals surface area contributed by atoms with Crippen LogP contribution in [0.1, 0.15) is 0 Å². The molecule has 2 amide bonds.